The summed E-state index contributed by atoms with van der Waals surface area (Å²) in [5, 5.41) is 0. The van der Waals surface area contributed by atoms with Gasteiger partial charge in [-0.3, -0.25) is 0 Å². The van der Waals surface area contributed by atoms with E-state index in [1.165, 1.54) is 4.88 Å². The molecular formula is C6H8ClNS. The first kappa shape index (κ1) is 6.90. The van der Waals surface area contributed by atoms with Gasteiger partial charge in [-0.15, -0.1) is 11.3 Å². The van der Waals surface area contributed by atoms with Crippen molar-refractivity contribution in [3.63, 3.8) is 0 Å². The smallest absolute Gasteiger partial charge is 0.116 e. The lowest BCUT2D eigenvalue weighted by Gasteiger charge is -1.79. The van der Waals surface area contributed by atoms with Crippen molar-refractivity contribution in [3.05, 3.63) is 15.3 Å². The average molecular weight is 162 g/mol. The number of hydrogen-bond donors (Lipinski definition) is 1. The molecule has 2 N–H and O–H groups in total. The van der Waals surface area contributed by atoms with Gasteiger partial charge in [-0.05, 0) is 12.5 Å². The number of nitrogen functional groups attached to an aromatic ring is 1. The van der Waals surface area contributed by atoms with E-state index in [4.69, 9.17) is 17.3 Å². The van der Waals surface area contributed by atoms with Crippen LogP contribution in [-0.2, 0) is 6.42 Å². The van der Waals surface area contributed by atoms with Crippen LogP contribution >= 0.6 is 22.9 Å². The molecule has 9 heavy (non-hydrogen) atoms. The minimum atomic E-state index is 0.707. The van der Waals surface area contributed by atoms with Gasteiger partial charge in [0, 0.05) is 4.88 Å². The fourth-order valence-electron chi connectivity index (χ4n) is 0.608. The normalized spacial score (nSPS) is 10.0. The molecule has 1 nitrogen and oxygen atoms in total. The second kappa shape index (κ2) is 2.58. The highest BCUT2D eigenvalue weighted by Crippen LogP contribution is 2.29. The van der Waals surface area contributed by atoms with Gasteiger partial charge in [0.25, 0.3) is 0 Å². The quantitative estimate of drug-likeness (QED) is 0.673. The first-order valence-electron chi connectivity index (χ1n) is 2.77. The van der Waals surface area contributed by atoms with E-state index in [0.717, 1.165) is 6.42 Å². The fourth-order valence-corrected chi connectivity index (χ4v) is 1.70. The number of halogens is 1. The van der Waals surface area contributed by atoms with E-state index in [2.05, 4.69) is 6.92 Å². The number of hydrogen-bond acceptors (Lipinski definition) is 2. The molecule has 0 saturated carbocycles. The van der Waals surface area contributed by atoms with E-state index in [0.29, 0.717) is 10.0 Å². The predicted molar refractivity (Wildman–Crippen MR) is 43.1 cm³/mol. The number of nitrogens with two attached hydrogens (primary N) is 1. The third kappa shape index (κ3) is 1.37. The Morgan fingerprint density at radius 1 is 1.78 bits per heavy atom. The van der Waals surface area contributed by atoms with Crippen LogP contribution in [0.4, 0.5) is 5.69 Å². The van der Waals surface area contributed by atoms with Crippen LogP contribution in [0.2, 0.25) is 4.34 Å². The summed E-state index contributed by atoms with van der Waals surface area (Å²) in [7, 11) is 0. The maximum absolute atomic E-state index is 5.70. The van der Waals surface area contributed by atoms with Crippen molar-refractivity contribution < 1.29 is 0 Å². The van der Waals surface area contributed by atoms with Crippen LogP contribution in [0.25, 0.3) is 0 Å². The summed E-state index contributed by atoms with van der Waals surface area (Å²) in [6.45, 7) is 2.08. The topological polar surface area (TPSA) is 26.0 Å². The summed E-state index contributed by atoms with van der Waals surface area (Å²) in [5.41, 5.74) is 6.20. The van der Waals surface area contributed by atoms with Crippen molar-refractivity contribution in [2.45, 2.75) is 13.3 Å². The van der Waals surface area contributed by atoms with Crippen LogP contribution in [0.1, 0.15) is 11.8 Å². The molecule has 0 aliphatic rings. The highest BCUT2D eigenvalue weighted by molar-refractivity contribution is 7.16. The van der Waals surface area contributed by atoms with Crippen LogP contribution in [0, 0.1) is 0 Å². The van der Waals surface area contributed by atoms with E-state index < -0.39 is 0 Å². The van der Waals surface area contributed by atoms with Gasteiger partial charge in [0.05, 0.1) is 5.69 Å². The lowest BCUT2D eigenvalue weighted by molar-refractivity contribution is 1.19. The summed E-state index contributed by atoms with van der Waals surface area (Å²) in [6, 6.07) is 1.92. The molecule has 1 heterocycles. The number of rotatable bonds is 1. The zero-order valence-electron chi connectivity index (χ0n) is 5.15. The Hall–Kier alpha value is -0.210. The minimum Gasteiger partial charge on any atom is -0.397 e. The summed E-state index contributed by atoms with van der Waals surface area (Å²) in [5.74, 6) is 0. The Bertz CT molecular complexity index is 187. The van der Waals surface area contributed by atoms with E-state index in [9.17, 15) is 0 Å². The van der Waals surface area contributed by atoms with Gasteiger partial charge in [-0.25, -0.2) is 0 Å². The molecule has 0 atom stereocenters. The van der Waals surface area contributed by atoms with Gasteiger partial charge < -0.3 is 5.73 Å². The first-order valence-corrected chi connectivity index (χ1v) is 3.97. The summed E-state index contributed by atoms with van der Waals surface area (Å²) in [6.07, 6.45) is 1.02. The van der Waals surface area contributed by atoms with Crippen molar-refractivity contribution in [2.75, 3.05) is 5.73 Å². The molecule has 0 radical (unpaired) electrons. The van der Waals surface area contributed by atoms with Crippen LogP contribution in [0.5, 0.6) is 0 Å². The third-order valence-corrected chi connectivity index (χ3v) is 2.65. The van der Waals surface area contributed by atoms with E-state index >= 15 is 0 Å². The predicted octanol–water partition coefficient (Wildman–Crippen LogP) is 2.55. The molecule has 0 saturated heterocycles. The van der Waals surface area contributed by atoms with Gasteiger partial charge in [-0.1, -0.05) is 18.5 Å². The summed E-state index contributed by atoms with van der Waals surface area (Å²) < 4.78 is 0.715. The molecule has 0 bridgehead atoms. The minimum absolute atomic E-state index is 0.707. The van der Waals surface area contributed by atoms with Gasteiger partial charge in [0.1, 0.15) is 4.34 Å². The molecule has 0 fully saturated rings. The third-order valence-electron chi connectivity index (χ3n) is 1.11. The van der Waals surface area contributed by atoms with Crippen LogP contribution in [-0.4, -0.2) is 0 Å². The maximum Gasteiger partial charge on any atom is 0.116 e. The van der Waals surface area contributed by atoms with Crippen molar-refractivity contribution >= 4 is 28.6 Å². The van der Waals surface area contributed by atoms with Crippen LogP contribution < -0.4 is 5.73 Å². The Morgan fingerprint density at radius 2 is 2.44 bits per heavy atom. The lowest BCUT2D eigenvalue weighted by atomic mass is 10.4. The lowest BCUT2D eigenvalue weighted by Crippen LogP contribution is -1.78. The SMILES string of the molecule is CCc1cc(N)c(Cl)s1. The molecule has 0 aliphatic heterocycles. The number of anilines is 1. The van der Waals surface area contributed by atoms with Crippen LogP contribution in [0.15, 0.2) is 6.07 Å². The van der Waals surface area contributed by atoms with Crippen LogP contribution in [0.3, 0.4) is 0 Å². The van der Waals surface area contributed by atoms with Crippen molar-refractivity contribution in [3.8, 4) is 0 Å². The molecule has 0 amide bonds. The molecule has 1 aromatic heterocycles. The van der Waals surface area contributed by atoms with Gasteiger partial charge >= 0.3 is 0 Å². The first-order chi connectivity index (χ1) is 4.24. The van der Waals surface area contributed by atoms with E-state index in [1.807, 2.05) is 6.07 Å². The number of thiophene rings is 1. The van der Waals surface area contributed by atoms with Gasteiger partial charge in [0.15, 0.2) is 0 Å². The van der Waals surface area contributed by atoms with E-state index in [-0.39, 0.29) is 0 Å². The standard InChI is InChI=1S/C6H8ClNS/c1-2-4-3-5(8)6(7)9-4/h3H,2,8H2,1H3. The molecular weight excluding hydrogens is 154 g/mol. The zero-order valence-corrected chi connectivity index (χ0v) is 6.72. The number of aryl methyl sites for hydroxylation is 1. The highest BCUT2D eigenvalue weighted by Gasteiger charge is 1.99. The molecule has 0 aliphatic carbocycles. The molecule has 3 heteroatoms. The molecule has 0 unspecified atom stereocenters. The molecule has 50 valence electrons. The maximum atomic E-state index is 5.70. The summed E-state index contributed by atoms with van der Waals surface area (Å²) in [4.78, 5) is 1.25. The molecule has 1 rings (SSSR count). The van der Waals surface area contributed by atoms with Gasteiger partial charge in [0.2, 0.25) is 0 Å². The molecule has 0 spiro atoms. The van der Waals surface area contributed by atoms with Crippen molar-refractivity contribution in [1.29, 1.82) is 0 Å². The fraction of sp³-hybridized carbons (Fsp3) is 0.333. The Balaban J connectivity index is 2.98. The summed E-state index contributed by atoms with van der Waals surface area (Å²) >= 11 is 7.26. The largest absolute Gasteiger partial charge is 0.397 e. The second-order valence-electron chi connectivity index (χ2n) is 1.80. The van der Waals surface area contributed by atoms with Crippen molar-refractivity contribution in [2.24, 2.45) is 0 Å². The van der Waals surface area contributed by atoms with Crippen molar-refractivity contribution in [1.82, 2.24) is 0 Å². The molecule has 0 aromatic carbocycles. The second-order valence-corrected chi connectivity index (χ2v) is 3.53. The van der Waals surface area contributed by atoms with Gasteiger partial charge in [-0.2, -0.15) is 0 Å². The average Bonchev–Trinajstić information content (AvgIpc) is 2.13. The Labute approximate surface area is 63.4 Å². The molecule has 1 aromatic rings. The monoisotopic (exact) mass is 161 g/mol. The van der Waals surface area contributed by atoms with E-state index in [1.54, 1.807) is 11.3 Å². The zero-order chi connectivity index (χ0) is 6.85. The Morgan fingerprint density at radius 3 is 2.67 bits per heavy atom. The Kier molecular flexibility index (Phi) is 1.98. The highest BCUT2D eigenvalue weighted by atomic mass is 35.5.